The van der Waals surface area contributed by atoms with Crippen molar-refractivity contribution >= 4 is 23.8 Å². The molecule has 2 heterocycles. The second kappa shape index (κ2) is 6.32. The maximum absolute atomic E-state index is 11.2. The number of benzene rings is 1. The maximum atomic E-state index is 11.2. The van der Waals surface area contributed by atoms with Gasteiger partial charge in [-0.15, -0.1) is 11.8 Å². The topological polar surface area (TPSA) is 47.3 Å². The highest BCUT2D eigenvalue weighted by Gasteiger charge is 2.12. The van der Waals surface area contributed by atoms with Gasteiger partial charge in [0.1, 0.15) is 5.03 Å². The molecule has 0 unspecified atom stereocenters. The minimum Gasteiger partial charge on any atom is -0.298 e. The van der Waals surface area contributed by atoms with Gasteiger partial charge in [0.15, 0.2) is 6.29 Å². The normalized spacial score (nSPS) is 11.0. The maximum Gasteiger partial charge on any atom is 0.235 e. The van der Waals surface area contributed by atoms with Crippen LogP contribution in [0.2, 0.25) is 0 Å². The molecule has 3 aromatic rings. The first kappa shape index (κ1) is 14.8. The molecule has 2 aromatic heterocycles. The van der Waals surface area contributed by atoms with E-state index in [1.54, 1.807) is 17.8 Å². The third kappa shape index (κ3) is 2.64. The van der Waals surface area contributed by atoms with Crippen molar-refractivity contribution in [3.8, 4) is 11.3 Å². The molecule has 0 spiro atoms. The first-order valence-corrected chi connectivity index (χ1v) is 8.47. The number of fused-ring (bicyclic) bond motifs is 1. The van der Waals surface area contributed by atoms with Gasteiger partial charge in [-0.3, -0.25) is 9.20 Å². The number of aromatic nitrogens is 3. The lowest BCUT2D eigenvalue weighted by atomic mass is 10.1. The Morgan fingerprint density at radius 2 is 2.09 bits per heavy atom. The van der Waals surface area contributed by atoms with Crippen LogP contribution >= 0.6 is 11.8 Å². The Hall–Kier alpha value is -2.14. The summed E-state index contributed by atoms with van der Waals surface area (Å²) in [4.78, 5) is 20.4. The lowest BCUT2D eigenvalue weighted by Crippen LogP contribution is -1.98. The third-order valence-corrected chi connectivity index (χ3v) is 4.20. The molecule has 0 saturated carbocycles. The van der Waals surface area contributed by atoms with Gasteiger partial charge in [0, 0.05) is 23.0 Å². The standard InChI is InChI=1S/C17H17N3OS/c1-3-6-13-9-16(22-2)19-17-18-15(10-20(13)17)14-8-5-4-7-12(14)11-21/h4-5,7-11H,3,6H2,1-2H3. The third-order valence-electron chi connectivity index (χ3n) is 3.58. The molecule has 0 aliphatic heterocycles. The summed E-state index contributed by atoms with van der Waals surface area (Å²) in [7, 11) is 0. The van der Waals surface area contributed by atoms with Gasteiger partial charge in [-0.05, 0) is 18.7 Å². The molecule has 112 valence electrons. The monoisotopic (exact) mass is 311 g/mol. The van der Waals surface area contributed by atoms with E-state index in [0.29, 0.717) is 11.3 Å². The Labute approximate surface area is 133 Å². The van der Waals surface area contributed by atoms with Crippen LogP contribution < -0.4 is 0 Å². The predicted molar refractivity (Wildman–Crippen MR) is 89.6 cm³/mol. The van der Waals surface area contributed by atoms with Crippen molar-refractivity contribution in [3.05, 3.63) is 47.8 Å². The molecule has 0 bridgehead atoms. The first-order chi connectivity index (χ1) is 10.8. The van der Waals surface area contributed by atoms with Gasteiger partial charge in [0.2, 0.25) is 5.78 Å². The van der Waals surface area contributed by atoms with Crippen LogP contribution in [-0.2, 0) is 6.42 Å². The van der Waals surface area contributed by atoms with Crippen molar-refractivity contribution in [2.75, 3.05) is 6.26 Å². The zero-order chi connectivity index (χ0) is 15.5. The van der Waals surface area contributed by atoms with Gasteiger partial charge in [-0.25, -0.2) is 9.97 Å². The molecule has 0 amide bonds. The van der Waals surface area contributed by atoms with Crippen LogP contribution in [0.5, 0.6) is 0 Å². The SMILES string of the molecule is CCCc1cc(SC)nc2nc(-c3ccccc3C=O)cn12. The first-order valence-electron chi connectivity index (χ1n) is 7.24. The summed E-state index contributed by atoms with van der Waals surface area (Å²) in [6.45, 7) is 2.16. The number of hydrogen-bond acceptors (Lipinski definition) is 4. The van der Waals surface area contributed by atoms with E-state index in [2.05, 4.69) is 23.0 Å². The van der Waals surface area contributed by atoms with Crippen LogP contribution in [0.1, 0.15) is 29.4 Å². The summed E-state index contributed by atoms with van der Waals surface area (Å²) in [5, 5.41) is 0.969. The molecular formula is C17H17N3OS. The summed E-state index contributed by atoms with van der Waals surface area (Å²) in [6, 6.07) is 9.61. The lowest BCUT2D eigenvalue weighted by molar-refractivity contribution is 0.112. The van der Waals surface area contributed by atoms with Gasteiger partial charge in [0.25, 0.3) is 0 Å². The number of aldehydes is 1. The van der Waals surface area contributed by atoms with Crippen molar-refractivity contribution in [1.82, 2.24) is 14.4 Å². The molecule has 1 aromatic carbocycles. The van der Waals surface area contributed by atoms with Crippen molar-refractivity contribution in [1.29, 1.82) is 0 Å². The molecule has 0 aliphatic carbocycles. The van der Waals surface area contributed by atoms with E-state index in [4.69, 9.17) is 0 Å². The average molecular weight is 311 g/mol. The largest absolute Gasteiger partial charge is 0.298 e. The summed E-state index contributed by atoms with van der Waals surface area (Å²) >= 11 is 1.62. The van der Waals surface area contributed by atoms with Gasteiger partial charge in [0.05, 0.1) is 5.69 Å². The molecule has 4 nitrogen and oxygen atoms in total. The summed E-state index contributed by atoms with van der Waals surface area (Å²) in [6.07, 6.45) is 6.88. The van der Waals surface area contributed by atoms with Crippen LogP contribution in [0, 0.1) is 0 Å². The molecule has 5 heteroatoms. The number of hydrogen-bond donors (Lipinski definition) is 0. The van der Waals surface area contributed by atoms with Gasteiger partial charge < -0.3 is 0 Å². The highest BCUT2D eigenvalue weighted by Crippen LogP contribution is 2.24. The molecule has 0 N–H and O–H groups in total. The number of rotatable bonds is 5. The Bertz CT molecular complexity index is 826. The molecule has 0 fully saturated rings. The number of carbonyl (C=O) groups excluding carboxylic acids is 1. The number of thioether (sulfide) groups is 1. The van der Waals surface area contributed by atoms with E-state index in [0.717, 1.165) is 35.4 Å². The van der Waals surface area contributed by atoms with Crippen LogP contribution in [0.15, 0.2) is 41.6 Å². The average Bonchev–Trinajstić information content (AvgIpc) is 2.99. The van der Waals surface area contributed by atoms with E-state index in [1.165, 1.54) is 5.69 Å². The Morgan fingerprint density at radius 1 is 1.27 bits per heavy atom. The zero-order valence-corrected chi connectivity index (χ0v) is 13.4. The second-order valence-electron chi connectivity index (χ2n) is 5.04. The summed E-state index contributed by atoms with van der Waals surface area (Å²) < 4.78 is 2.03. The van der Waals surface area contributed by atoms with Crippen LogP contribution in [0.4, 0.5) is 0 Å². The van der Waals surface area contributed by atoms with Crippen LogP contribution in [0.25, 0.3) is 17.0 Å². The number of carbonyl (C=O) groups is 1. The highest BCUT2D eigenvalue weighted by molar-refractivity contribution is 7.98. The van der Waals surface area contributed by atoms with Gasteiger partial charge >= 0.3 is 0 Å². The van der Waals surface area contributed by atoms with E-state index < -0.39 is 0 Å². The Balaban J connectivity index is 2.20. The van der Waals surface area contributed by atoms with E-state index in [1.807, 2.05) is 35.1 Å². The molecular weight excluding hydrogens is 294 g/mol. The van der Waals surface area contributed by atoms with Crippen LogP contribution in [0.3, 0.4) is 0 Å². The Morgan fingerprint density at radius 3 is 2.82 bits per heavy atom. The Kier molecular flexibility index (Phi) is 4.24. The van der Waals surface area contributed by atoms with Crippen LogP contribution in [-0.4, -0.2) is 26.9 Å². The smallest absolute Gasteiger partial charge is 0.235 e. The van der Waals surface area contributed by atoms with Gasteiger partial charge in [-0.2, -0.15) is 0 Å². The zero-order valence-electron chi connectivity index (χ0n) is 12.6. The fourth-order valence-corrected chi connectivity index (χ4v) is 2.95. The quantitative estimate of drug-likeness (QED) is 0.407. The van der Waals surface area contributed by atoms with Gasteiger partial charge in [-0.1, -0.05) is 37.6 Å². The van der Waals surface area contributed by atoms with E-state index in [-0.39, 0.29) is 0 Å². The number of nitrogens with zero attached hydrogens (tertiary/aromatic N) is 3. The predicted octanol–water partition coefficient (Wildman–Crippen LogP) is 3.88. The molecule has 0 atom stereocenters. The molecule has 3 rings (SSSR count). The summed E-state index contributed by atoms with van der Waals surface area (Å²) in [5.41, 5.74) is 3.47. The van der Waals surface area contributed by atoms with Crippen molar-refractivity contribution < 1.29 is 4.79 Å². The van der Waals surface area contributed by atoms with E-state index in [9.17, 15) is 4.79 Å². The number of aryl methyl sites for hydroxylation is 1. The van der Waals surface area contributed by atoms with E-state index >= 15 is 0 Å². The fraction of sp³-hybridized carbons (Fsp3) is 0.235. The van der Waals surface area contributed by atoms with Crippen molar-refractivity contribution in [2.24, 2.45) is 0 Å². The summed E-state index contributed by atoms with van der Waals surface area (Å²) in [5.74, 6) is 0.686. The molecule has 0 saturated heterocycles. The number of imidazole rings is 1. The molecule has 0 aliphatic rings. The minimum atomic E-state index is 0.646. The molecule has 0 radical (unpaired) electrons. The van der Waals surface area contributed by atoms with Crippen molar-refractivity contribution in [2.45, 2.75) is 24.8 Å². The highest BCUT2D eigenvalue weighted by atomic mass is 32.2. The fourth-order valence-electron chi connectivity index (χ4n) is 2.52. The molecule has 22 heavy (non-hydrogen) atoms. The minimum absolute atomic E-state index is 0.646. The lowest BCUT2D eigenvalue weighted by Gasteiger charge is -2.05. The second-order valence-corrected chi connectivity index (χ2v) is 5.87. The van der Waals surface area contributed by atoms with Crippen molar-refractivity contribution in [3.63, 3.8) is 0 Å².